The fraction of sp³-hybridized carbons (Fsp3) is 1.00. The molecule has 20 heavy (non-hydrogen) atoms. The third kappa shape index (κ3) is 6.61. The van der Waals surface area contributed by atoms with Gasteiger partial charge in [-0.2, -0.15) is 0 Å². The monoisotopic (exact) mass is 281 g/mol. The molecule has 0 aromatic carbocycles. The molecule has 1 heteroatoms. The van der Waals surface area contributed by atoms with Crippen LogP contribution < -0.4 is 5.32 Å². The Morgan fingerprint density at radius 3 is 1.95 bits per heavy atom. The number of nitrogens with one attached hydrogen (secondary N) is 1. The molecule has 0 amide bonds. The highest BCUT2D eigenvalue weighted by molar-refractivity contribution is 4.82. The average Bonchev–Trinajstić information content (AvgIpc) is 2.47. The maximum atomic E-state index is 3.62. The highest BCUT2D eigenvalue weighted by Crippen LogP contribution is 2.35. The summed E-state index contributed by atoms with van der Waals surface area (Å²) >= 11 is 0. The van der Waals surface area contributed by atoms with Crippen molar-refractivity contribution >= 4 is 0 Å². The zero-order chi connectivity index (χ0) is 14.8. The highest BCUT2D eigenvalue weighted by atomic mass is 14.9. The van der Waals surface area contributed by atoms with Crippen molar-refractivity contribution in [1.29, 1.82) is 0 Å². The molecule has 1 aliphatic carbocycles. The van der Waals surface area contributed by atoms with Crippen LogP contribution in [0.1, 0.15) is 91.4 Å². The van der Waals surface area contributed by atoms with E-state index >= 15 is 0 Å². The summed E-state index contributed by atoms with van der Waals surface area (Å²) in [7, 11) is 2.18. The van der Waals surface area contributed by atoms with E-state index < -0.39 is 0 Å². The molecule has 1 nitrogen and oxygen atoms in total. The third-order valence-corrected chi connectivity index (χ3v) is 5.57. The van der Waals surface area contributed by atoms with E-state index in [1.54, 1.807) is 0 Å². The molecule has 1 unspecified atom stereocenters. The van der Waals surface area contributed by atoms with E-state index in [9.17, 15) is 0 Å². The molecule has 0 saturated heterocycles. The van der Waals surface area contributed by atoms with Crippen LogP contribution in [0.4, 0.5) is 0 Å². The first kappa shape index (κ1) is 18.0. The zero-order valence-corrected chi connectivity index (χ0v) is 14.6. The second kappa shape index (κ2) is 10.7. The Morgan fingerprint density at radius 1 is 0.850 bits per heavy atom. The molecule has 1 aliphatic rings. The van der Waals surface area contributed by atoms with Gasteiger partial charge < -0.3 is 5.32 Å². The summed E-state index contributed by atoms with van der Waals surface area (Å²) in [5.41, 5.74) is 0. The summed E-state index contributed by atoms with van der Waals surface area (Å²) in [4.78, 5) is 0. The maximum Gasteiger partial charge on any atom is 0.00923 e. The lowest BCUT2D eigenvalue weighted by molar-refractivity contribution is 0.186. The molecule has 0 aromatic heterocycles. The zero-order valence-electron chi connectivity index (χ0n) is 14.6. The van der Waals surface area contributed by atoms with E-state index in [1.807, 2.05) is 0 Å². The Kier molecular flexibility index (Phi) is 9.59. The van der Waals surface area contributed by atoms with Crippen molar-refractivity contribution in [2.24, 2.45) is 17.8 Å². The van der Waals surface area contributed by atoms with E-state index in [0.29, 0.717) is 0 Å². The molecule has 0 spiro atoms. The second-order valence-corrected chi connectivity index (χ2v) is 7.37. The molecule has 1 saturated carbocycles. The van der Waals surface area contributed by atoms with Crippen molar-refractivity contribution in [3.8, 4) is 0 Å². The van der Waals surface area contributed by atoms with Crippen LogP contribution >= 0.6 is 0 Å². The van der Waals surface area contributed by atoms with Crippen LogP contribution in [0.2, 0.25) is 0 Å². The molecule has 1 atom stereocenters. The van der Waals surface area contributed by atoms with Gasteiger partial charge in [0.2, 0.25) is 0 Å². The lowest BCUT2D eigenvalue weighted by Gasteiger charge is -2.35. The van der Waals surface area contributed by atoms with Crippen LogP contribution in [0.25, 0.3) is 0 Å². The van der Waals surface area contributed by atoms with Crippen molar-refractivity contribution in [1.82, 2.24) is 5.32 Å². The van der Waals surface area contributed by atoms with Gasteiger partial charge in [-0.05, 0) is 56.9 Å². The summed E-state index contributed by atoms with van der Waals surface area (Å²) < 4.78 is 0. The van der Waals surface area contributed by atoms with Crippen molar-refractivity contribution in [2.45, 2.75) is 97.4 Å². The second-order valence-electron chi connectivity index (χ2n) is 7.37. The molecule has 0 aliphatic heterocycles. The van der Waals surface area contributed by atoms with Crippen LogP contribution in [0.3, 0.4) is 0 Å². The Hall–Kier alpha value is -0.0400. The lowest BCUT2D eigenvalue weighted by atomic mass is 9.74. The number of hydrogen-bond donors (Lipinski definition) is 1. The number of hydrogen-bond acceptors (Lipinski definition) is 1. The molecule has 1 fully saturated rings. The van der Waals surface area contributed by atoms with E-state index in [0.717, 1.165) is 23.8 Å². The third-order valence-electron chi connectivity index (χ3n) is 5.57. The predicted molar refractivity (Wildman–Crippen MR) is 91.1 cm³/mol. The minimum Gasteiger partial charge on any atom is -0.317 e. The summed E-state index contributed by atoms with van der Waals surface area (Å²) in [6, 6.07) is 0.786. The molecule has 120 valence electrons. The summed E-state index contributed by atoms with van der Waals surface area (Å²) in [6.07, 6.45) is 15.8. The van der Waals surface area contributed by atoms with Gasteiger partial charge in [0.05, 0.1) is 0 Å². The smallest absolute Gasteiger partial charge is 0.00923 e. The summed E-state index contributed by atoms with van der Waals surface area (Å²) in [6.45, 7) is 7.10. The summed E-state index contributed by atoms with van der Waals surface area (Å²) in [5.74, 6) is 2.84. The van der Waals surface area contributed by atoms with Crippen molar-refractivity contribution in [2.75, 3.05) is 7.05 Å². The van der Waals surface area contributed by atoms with Gasteiger partial charge in [0.15, 0.2) is 0 Å². The number of unbranched alkanes of at least 4 members (excludes halogenated alkanes) is 5. The fourth-order valence-corrected chi connectivity index (χ4v) is 3.97. The molecule has 0 heterocycles. The fourth-order valence-electron chi connectivity index (χ4n) is 3.97. The van der Waals surface area contributed by atoms with Crippen LogP contribution in [-0.4, -0.2) is 13.1 Å². The van der Waals surface area contributed by atoms with Gasteiger partial charge in [0, 0.05) is 6.04 Å². The van der Waals surface area contributed by atoms with Crippen LogP contribution in [-0.2, 0) is 0 Å². The first-order valence-corrected chi connectivity index (χ1v) is 9.36. The van der Waals surface area contributed by atoms with Gasteiger partial charge in [-0.3, -0.25) is 0 Å². The molecule has 1 rings (SSSR count). The van der Waals surface area contributed by atoms with Crippen molar-refractivity contribution in [3.63, 3.8) is 0 Å². The van der Waals surface area contributed by atoms with Gasteiger partial charge in [0.1, 0.15) is 0 Å². The maximum absolute atomic E-state index is 3.62. The van der Waals surface area contributed by atoms with Gasteiger partial charge in [-0.25, -0.2) is 0 Å². The molecular formula is C19H39N. The Labute approximate surface area is 128 Å². The van der Waals surface area contributed by atoms with Gasteiger partial charge in [-0.15, -0.1) is 0 Å². The largest absolute Gasteiger partial charge is 0.317 e. The highest BCUT2D eigenvalue weighted by Gasteiger charge is 2.27. The lowest BCUT2D eigenvalue weighted by Crippen LogP contribution is -2.36. The van der Waals surface area contributed by atoms with E-state index in [2.05, 4.69) is 33.1 Å². The first-order valence-electron chi connectivity index (χ1n) is 9.36. The SMILES string of the molecule is CCCCCCCCC(NC)C1CCC(C(C)C)CC1. The Morgan fingerprint density at radius 2 is 1.40 bits per heavy atom. The van der Waals surface area contributed by atoms with Gasteiger partial charge in [0.25, 0.3) is 0 Å². The van der Waals surface area contributed by atoms with E-state index in [1.165, 1.54) is 70.6 Å². The molecule has 0 radical (unpaired) electrons. The molecule has 0 bridgehead atoms. The van der Waals surface area contributed by atoms with Crippen LogP contribution in [0, 0.1) is 17.8 Å². The van der Waals surface area contributed by atoms with Crippen molar-refractivity contribution in [3.05, 3.63) is 0 Å². The molecule has 0 aromatic rings. The normalized spacial score (nSPS) is 25.1. The summed E-state index contributed by atoms with van der Waals surface area (Å²) in [5, 5.41) is 3.62. The van der Waals surface area contributed by atoms with Crippen LogP contribution in [0.15, 0.2) is 0 Å². The minimum absolute atomic E-state index is 0.786. The first-order chi connectivity index (χ1) is 9.69. The minimum atomic E-state index is 0.786. The standard InChI is InChI=1S/C19H39N/c1-5-6-7-8-9-10-11-19(20-4)18-14-12-17(13-15-18)16(2)3/h16-20H,5-15H2,1-4H3. The molecular weight excluding hydrogens is 242 g/mol. The quantitative estimate of drug-likeness (QED) is 0.500. The Bertz CT molecular complexity index is 216. The van der Waals surface area contributed by atoms with E-state index in [4.69, 9.17) is 0 Å². The van der Waals surface area contributed by atoms with Gasteiger partial charge in [-0.1, -0.05) is 59.3 Å². The van der Waals surface area contributed by atoms with E-state index in [-0.39, 0.29) is 0 Å². The van der Waals surface area contributed by atoms with Gasteiger partial charge >= 0.3 is 0 Å². The number of rotatable bonds is 10. The van der Waals surface area contributed by atoms with Crippen molar-refractivity contribution < 1.29 is 0 Å². The molecule has 1 N–H and O–H groups in total. The predicted octanol–water partition coefficient (Wildman–Crippen LogP) is 5.79. The Balaban J connectivity index is 2.16. The topological polar surface area (TPSA) is 12.0 Å². The van der Waals surface area contributed by atoms with Crippen LogP contribution in [0.5, 0.6) is 0 Å². The average molecular weight is 282 g/mol.